The third-order valence-corrected chi connectivity index (χ3v) is 1.97. The molecule has 1 heterocycles. The Balaban J connectivity index is 2.78. The molecule has 0 aliphatic carbocycles. The Bertz CT molecular complexity index is 335. The van der Waals surface area contributed by atoms with E-state index >= 15 is 0 Å². The molecule has 0 saturated heterocycles. The Kier molecular flexibility index (Phi) is 3.65. The smallest absolute Gasteiger partial charge is 0.280 e. The van der Waals surface area contributed by atoms with Crippen LogP contribution in [-0.4, -0.2) is 34.2 Å². The van der Waals surface area contributed by atoms with E-state index in [1.165, 1.54) is 0 Å². The molecule has 1 aromatic rings. The highest BCUT2D eigenvalue weighted by Crippen LogP contribution is 2.09. The number of carbonyl (C=O) groups excluding carboxylic acids is 1. The van der Waals surface area contributed by atoms with Crippen molar-refractivity contribution in [3.05, 3.63) is 5.69 Å². The molecule has 1 rings (SSSR count). The number of anilines is 1. The van der Waals surface area contributed by atoms with Gasteiger partial charge in [-0.15, -0.1) is 0 Å². The van der Waals surface area contributed by atoms with Crippen molar-refractivity contribution in [2.24, 2.45) is 5.92 Å². The van der Waals surface area contributed by atoms with Gasteiger partial charge in [-0.1, -0.05) is 13.8 Å². The van der Waals surface area contributed by atoms with Gasteiger partial charge >= 0.3 is 0 Å². The third kappa shape index (κ3) is 2.68. The molecule has 0 radical (unpaired) electrons. The van der Waals surface area contributed by atoms with Gasteiger partial charge in [0.05, 0.1) is 0 Å². The molecule has 0 saturated carbocycles. The fraction of sp³-hybridized carbons (Fsp3) is 0.667. The van der Waals surface area contributed by atoms with Crippen LogP contribution >= 0.6 is 0 Å². The van der Waals surface area contributed by atoms with Crippen molar-refractivity contribution in [1.29, 1.82) is 0 Å². The van der Waals surface area contributed by atoms with Crippen LogP contribution in [0.5, 0.6) is 0 Å². The molecular formula is C9H16N4O2. The van der Waals surface area contributed by atoms with E-state index in [4.69, 9.17) is 5.73 Å². The molecular weight excluding hydrogens is 196 g/mol. The topological polar surface area (TPSA) is 85.2 Å². The minimum Gasteiger partial charge on any atom is -0.379 e. The highest BCUT2D eigenvalue weighted by atomic mass is 16.6. The normalized spacial score (nSPS) is 10.7. The zero-order chi connectivity index (χ0) is 11.4. The van der Waals surface area contributed by atoms with Gasteiger partial charge in [-0.05, 0) is 23.2 Å². The van der Waals surface area contributed by atoms with Gasteiger partial charge in [0.25, 0.3) is 5.91 Å². The lowest BCUT2D eigenvalue weighted by Crippen LogP contribution is -2.34. The molecule has 0 atom stereocenters. The standard InChI is InChI=1S/C9H16N4O2/c1-4-13(5-6(2)3)9(14)7-8(10)12-15-11-7/h6H,4-5H2,1-3H3,(H2,10,12). The Morgan fingerprint density at radius 1 is 1.53 bits per heavy atom. The Hall–Kier alpha value is -1.59. The lowest BCUT2D eigenvalue weighted by molar-refractivity contribution is 0.0735. The summed E-state index contributed by atoms with van der Waals surface area (Å²) >= 11 is 0. The van der Waals surface area contributed by atoms with Crippen LogP contribution in [0.3, 0.4) is 0 Å². The van der Waals surface area contributed by atoms with Gasteiger partial charge in [0.15, 0.2) is 0 Å². The number of carbonyl (C=O) groups is 1. The second-order valence-corrected chi connectivity index (χ2v) is 3.74. The van der Waals surface area contributed by atoms with Crippen LogP contribution in [0, 0.1) is 5.92 Å². The van der Waals surface area contributed by atoms with Crippen LogP contribution in [-0.2, 0) is 0 Å². The number of nitrogen functional groups attached to an aromatic ring is 1. The van der Waals surface area contributed by atoms with Gasteiger partial charge in [0, 0.05) is 13.1 Å². The maximum atomic E-state index is 11.9. The van der Waals surface area contributed by atoms with Crippen molar-refractivity contribution in [3.63, 3.8) is 0 Å². The first-order valence-corrected chi connectivity index (χ1v) is 4.93. The molecule has 0 fully saturated rings. The van der Waals surface area contributed by atoms with Crippen molar-refractivity contribution in [2.75, 3.05) is 18.8 Å². The zero-order valence-electron chi connectivity index (χ0n) is 9.23. The summed E-state index contributed by atoms with van der Waals surface area (Å²) in [5.41, 5.74) is 5.54. The average Bonchev–Trinajstić information content (AvgIpc) is 2.59. The van der Waals surface area contributed by atoms with E-state index in [0.717, 1.165) is 0 Å². The molecule has 0 bridgehead atoms. The summed E-state index contributed by atoms with van der Waals surface area (Å²) in [7, 11) is 0. The Labute approximate surface area is 88.4 Å². The van der Waals surface area contributed by atoms with Gasteiger partial charge in [-0.3, -0.25) is 4.79 Å². The summed E-state index contributed by atoms with van der Waals surface area (Å²) in [6, 6.07) is 0. The SMILES string of the molecule is CCN(CC(C)C)C(=O)c1nonc1N. The van der Waals surface area contributed by atoms with Crippen molar-refractivity contribution >= 4 is 11.7 Å². The van der Waals surface area contributed by atoms with Gasteiger partial charge in [0.1, 0.15) is 0 Å². The molecule has 15 heavy (non-hydrogen) atoms. The van der Waals surface area contributed by atoms with E-state index in [1.54, 1.807) is 4.90 Å². The number of hydrogen-bond acceptors (Lipinski definition) is 5. The highest BCUT2D eigenvalue weighted by Gasteiger charge is 2.21. The third-order valence-electron chi connectivity index (χ3n) is 1.97. The Morgan fingerprint density at radius 2 is 2.20 bits per heavy atom. The average molecular weight is 212 g/mol. The zero-order valence-corrected chi connectivity index (χ0v) is 9.23. The highest BCUT2D eigenvalue weighted by molar-refractivity contribution is 5.96. The summed E-state index contributed by atoms with van der Waals surface area (Å²) in [5.74, 6) is 0.210. The maximum absolute atomic E-state index is 11.9. The molecule has 6 nitrogen and oxygen atoms in total. The fourth-order valence-corrected chi connectivity index (χ4v) is 1.29. The maximum Gasteiger partial charge on any atom is 0.280 e. The number of aromatic nitrogens is 2. The first-order chi connectivity index (χ1) is 7.06. The number of amides is 1. The van der Waals surface area contributed by atoms with E-state index < -0.39 is 0 Å². The second kappa shape index (κ2) is 4.77. The van der Waals surface area contributed by atoms with Gasteiger partial charge in [-0.2, -0.15) is 0 Å². The molecule has 0 unspecified atom stereocenters. The molecule has 0 aliphatic rings. The minimum atomic E-state index is -0.232. The molecule has 2 N–H and O–H groups in total. The van der Waals surface area contributed by atoms with E-state index in [1.807, 2.05) is 20.8 Å². The van der Waals surface area contributed by atoms with E-state index in [2.05, 4.69) is 14.9 Å². The van der Waals surface area contributed by atoms with Crippen LogP contribution < -0.4 is 5.73 Å². The predicted molar refractivity (Wildman–Crippen MR) is 55.1 cm³/mol. The summed E-state index contributed by atoms with van der Waals surface area (Å²) in [6.07, 6.45) is 0. The first-order valence-electron chi connectivity index (χ1n) is 4.93. The van der Waals surface area contributed by atoms with E-state index in [-0.39, 0.29) is 17.4 Å². The molecule has 6 heteroatoms. The monoisotopic (exact) mass is 212 g/mol. The number of hydrogen-bond donors (Lipinski definition) is 1. The Morgan fingerprint density at radius 3 is 2.60 bits per heavy atom. The molecule has 0 aromatic carbocycles. The van der Waals surface area contributed by atoms with Crippen LogP contribution in [0.25, 0.3) is 0 Å². The lowest BCUT2D eigenvalue weighted by Gasteiger charge is -2.21. The fourth-order valence-electron chi connectivity index (χ4n) is 1.29. The largest absolute Gasteiger partial charge is 0.379 e. The van der Waals surface area contributed by atoms with Gasteiger partial charge < -0.3 is 10.6 Å². The summed E-state index contributed by atoms with van der Waals surface area (Å²) in [4.78, 5) is 13.5. The molecule has 0 spiro atoms. The quantitative estimate of drug-likeness (QED) is 0.796. The predicted octanol–water partition coefficient (Wildman–Crippen LogP) is 0.770. The second-order valence-electron chi connectivity index (χ2n) is 3.74. The van der Waals surface area contributed by atoms with Crippen molar-refractivity contribution in [1.82, 2.24) is 15.2 Å². The van der Waals surface area contributed by atoms with Crippen molar-refractivity contribution in [2.45, 2.75) is 20.8 Å². The summed E-state index contributed by atoms with van der Waals surface area (Å²) in [5, 5.41) is 6.87. The van der Waals surface area contributed by atoms with Crippen LogP contribution in [0.2, 0.25) is 0 Å². The summed E-state index contributed by atoms with van der Waals surface area (Å²) < 4.78 is 4.39. The van der Waals surface area contributed by atoms with Crippen molar-refractivity contribution < 1.29 is 9.42 Å². The number of nitrogens with two attached hydrogens (primary N) is 1. The van der Waals surface area contributed by atoms with E-state index in [9.17, 15) is 4.79 Å². The van der Waals surface area contributed by atoms with Crippen LogP contribution in [0.1, 0.15) is 31.3 Å². The van der Waals surface area contributed by atoms with Crippen LogP contribution in [0.15, 0.2) is 4.63 Å². The molecule has 84 valence electrons. The van der Waals surface area contributed by atoms with Crippen LogP contribution in [0.4, 0.5) is 5.82 Å². The molecule has 1 amide bonds. The van der Waals surface area contributed by atoms with E-state index in [0.29, 0.717) is 19.0 Å². The summed E-state index contributed by atoms with van der Waals surface area (Å²) in [6.45, 7) is 7.27. The van der Waals surface area contributed by atoms with Crippen molar-refractivity contribution in [3.8, 4) is 0 Å². The molecule has 0 aliphatic heterocycles. The number of rotatable bonds is 4. The van der Waals surface area contributed by atoms with Gasteiger partial charge in [0.2, 0.25) is 11.5 Å². The van der Waals surface area contributed by atoms with Gasteiger partial charge in [-0.25, -0.2) is 4.63 Å². The molecule has 1 aromatic heterocycles. The lowest BCUT2D eigenvalue weighted by atomic mass is 10.2. The first kappa shape index (κ1) is 11.5. The number of nitrogens with zero attached hydrogens (tertiary/aromatic N) is 3. The minimum absolute atomic E-state index is 0.0437.